The zero-order valence-electron chi connectivity index (χ0n) is 11.6. The Morgan fingerprint density at radius 1 is 1.32 bits per heavy atom. The molecule has 0 bridgehead atoms. The molecule has 1 atom stereocenters. The fourth-order valence-electron chi connectivity index (χ4n) is 1.82. The molecule has 0 saturated heterocycles. The van der Waals surface area contributed by atoms with Gasteiger partial charge in [0.05, 0.1) is 6.61 Å². The topological polar surface area (TPSA) is 70.0 Å². The molecule has 2 N–H and O–H groups in total. The number of benzene rings is 1. The van der Waals surface area contributed by atoms with Crippen LogP contribution in [-0.4, -0.2) is 47.3 Å². The van der Waals surface area contributed by atoms with Gasteiger partial charge in [-0.05, 0) is 25.5 Å². The van der Waals surface area contributed by atoms with E-state index >= 15 is 0 Å². The number of carbonyl (C=O) groups excluding carboxylic acids is 1. The molecule has 0 heterocycles. The quantitative estimate of drug-likeness (QED) is 0.827. The van der Waals surface area contributed by atoms with Gasteiger partial charge in [-0.2, -0.15) is 0 Å². The number of nitrogens with zero attached hydrogens (tertiary/aromatic N) is 1. The first kappa shape index (κ1) is 15.3. The van der Waals surface area contributed by atoms with E-state index in [4.69, 9.17) is 4.74 Å². The van der Waals surface area contributed by atoms with Gasteiger partial charge >= 0.3 is 0 Å². The van der Waals surface area contributed by atoms with Crippen molar-refractivity contribution in [3.05, 3.63) is 23.8 Å². The van der Waals surface area contributed by atoms with Gasteiger partial charge in [-0.3, -0.25) is 4.79 Å². The van der Waals surface area contributed by atoms with E-state index in [1.54, 1.807) is 12.0 Å². The summed E-state index contributed by atoms with van der Waals surface area (Å²) in [5.74, 6) is -0.476. The number of aromatic hydroxyl groups is 2. The van der Waals surface area contributed by atoms with Crippen LogP contribution in [0.25, 0.3) is 0 Å². The SMILES string of the molecule is CCC(C)N(CCOC)C(=O)c1cc(O)cc(O)c1. The lowest BCUT2D eigenvalue weighted by atomic mass is 10.1. The molecule has 1 aromatic carbocycles. The highest BCUT2D eigenvalue weighted by Gasteiger charge is 2.21. The summed E-state index contributed by atoms with van der Waals surface area (Å²) in [7, 11) is 1.58. The number of phenols is 2. The second-order valence-corrected chi connectivity index (χ2v) is 4.49. The number of carbonyl (C=O) groups is 1. The number of hydrogen-bond donors (Lipinski definition) is 2. The van der Waals surface area contributed by atoms with Gasteiger partial charge in [-0.15, -0.1) is 0 Å². The number of phenolic OH excluding ortho intramolecular Hbond substituents is 2. The normalized spacial score (nSPS) is 12.2. The van der Waals surface area contributed by atoms with Gasteiger partial charge in [0.1, 0.15) is 11.5 Å². The Morgan fingerprint density at radius 2 is 1.89 bits per heavy atom. The lowest BCUT2D eigenvalue weighted by Crippen LogP contribution is -2.40. The number of rotatable bonds is 6. The maximum Gasteiger partial charge on any atom is 0.254 e. The molecule has 1 amide bonds. The number of amides is 1. The van der Waals surface area contributed by atoms with Crippen molar-refractivity contribution in [1.29, 1.82) is 0 Å². The molecular formula is C14H21NO4. The van der Waals surface area contributed by atoms with Crippen LogP contribution in [0, 0.1) is 0 Å². The van der Waals surface area contributed by atoms with E-state index in [9.17, 15) is 15.0 Å². The first-order valence-corrected chi connectivity index (χ1v) is 6.32. The van der Waals surface area contributed by atoms with E-state index in [1.807, 2.05) is 13.8 Å². The van der Waals surface area contributed by atoms with Crippen molar-refractivity contribution in [2.75, 3.05) is 20.3 Å². The molecule has 106 valence electrons. The third kappa shape index (κ3) is 4.13. The maximum absolute atomic E-state index is 12.4. The zero-order valence-corrected chi connectivity index (χ0v) is 11.6. The van der Waals surface area contributed by atoms with Crippen LogP contribution in [0.1, 0.15) is 30.6 Å². The van der Waals surface area contributed by atoms with E-state index in [2.05, 4.69) is 0 Å². The van der Waals surface area contributed by atoms with Crippen molar-refractivity contribution in [2.45, 2.75) is 26.3 Å². The molecule has 5 heteroatoms. The summed E-state index contributed by atoms with van der Waals surface area (Å²) in [4.78, 5) is 14.1. The molecule has 0 aliphatic heterocycles. The highest BCUT2D eigenvalue weighted by molar-refractivity contribution is 5.95. The van der Waals surface area contributed by atoms with Crippen molar-refractivity contribution in [2.24, 2.45) is 0 Å². The maximum atomic E-state index is 12.4. The Morgan fingerprint density at radius 3 is 2.37 bits per heavy atom. The molecule has 0 aliphatic carbocycles. The first-order chi connectivity index (χ1) is 8.99. The molecule has 0 fully saturated rings. The highest BCUT2D eigenvalue weighted by Crippen LogP contribution is 2.22. The number of methoxy groups -OCH3 is 1. The van der Waals surface area contributed by atoms with E-state index in [-0.39, 0.29) is 29.0 Å². The molecule has 0 aliphatic rings. The molecule has 5 nitrogen and oxygen atoms in total. The largest absolute Gasteiger partial charge is 0.508 e. The van der Waals surface area contributed by atoms with Crippen molar-refractivity contribution in [1.82, 2.24) is 4.90 Å². The third-order valence-electron chi connectivity index (χ3n) is 3.07. The molecular weight excluding hydrogens is 246 g/mol. The molecule has 1 unspecified atom stereocenters. The van der Waals surface area contributed by atoms with Crippen LogP contribution in [-0.2, 0) is 4.74 Å². The molecule has 1 aromatic rings. The monoisotopic (exact) mass is 267 g/mol. The summed E-state index contributed by atoms with van der Waals surface area (Å²) in [5.41, 5.74) is 0.272. The van der Waals surface area contributed by atoms with Gasteiger partial charge in [0.15, 0.2) is 0 Å². The van der Waals surface area contributed by atoms with E-state index in [1.165, 1.54) is 18.2 Å². The Balaban J connectivity index is 2.97. The van der Waals surface area contributed by atoms with Crippen molar-refractivity contribution >= 4 is 5.91 Å². The zero-order chi connectivity index (χ0) is 14.4. The molecule has 1 rings (SSSR count). The minimum Gasteiger partial charge on any atom is -0.508 e. The summed E-state index contributed by atoms with van der Waals surface area (Å²) in [6.07, 6.45) is 0.820. The van der Waals surface area contributed by atoms with Crippen LogP contribution < -0.4 is 0 Å². The Bertz CT molecular complexity index is 413. The molecule has 0 spiro atoms. The first-order valence-electron chi connectivity index (χ1n) is 6.32. The van der Waals surface area contributed by atoms with Gasteiger partial charge < -0.3 is 19.8 Å². The van der Waals surface area contributed by atoms with Crippen molar-refractivity contribution in [3.8, 4) is 11.5 Å². The number of ether oxygens (including phenoxy) is 1. The predicted molar refractivity (Wildman–Crippen MR) is 72.4 cm³/mol. The predicted octanol–water partition coefficient (Wildman–Crippen LogP) is 1.98. The average molecular weight is 267 g/mol. The highest BCUT2D eigenvalue weighted by atomic mass is 16.5. The fourth-order valence-corrected chi connectivity index (χ4v) is 1.82. The van der Waals surface area contributed by atoms with Crippen LogP contribution in [0.15, 0.2) is 18.2 Å². The van der Waals surface area contributed by atoms with E-state index in [0.29, 0.717) is 13.2 Å². The van der Waals surface area contributed by atoms with Crippen LogP contribution in [0.4, 0.5) is 0 Å². The van der Waals surface area contributed by atoms with E-state index in [0.717, 1.165) is 6.42 Å². The minimum absolute atomic E-state index is 0.0622. The Labute approximate surface area is 113 Å². The average Bonchev–Trinajstić information content (AvgIpc) is 2.37. The van der Waals surface area contributed by atoms with E-state index < -0.39 is 0 Å². The number of hydrogen-bond acceptors (Lipinski definition) is 4. The van der Waals surface area contributed by atoms with Crippen molar-refractivity contribution < 1.29 is 19.7 Å². The molecule has 0 saturated carbocycles. The van der Waals surface area contributed by atoms with Crippen LogP contribution in [0.5, 0.6) is 11.5 Å². The minimum atomic E-state index is -0.224. The lowest BCUT2D eigenvalue weighted by molar-refractivity contribution is 0.0613. The van der Waals surface area contributed by atoms with Gasteiger partial charge in [-0.25, -0.2) is 0 Å². The molecule has 0 aromatic heterocycles. The van der Waals surface area contributed by atoms with Gasteiger partial charge in [0.25, 0.3) is 5.91 Å². The Hall–Kier alpha value is -1.75. The molecule has 19 heavy (non-hydrogen) atoms. The second-order valence-electron chi connectivity index (χ2n) is 4.49. The smallest absolute Gasteiger partial charge is 0.254 e. The summed E-state index contributed by atoms with van der Waals surface area (Å²) < 4.78 is 5.01. The standard InChI is InChI=1S/C14H21NO4/c1-4-10(2)15(5-6-19-3)14(18)11-7-12(16)9-13(17)8-11/h7-10,16-17H,4-6H2,1-3H3. The van der Waals surface area contributed by atoms with Crippen LogP contribution in [0.3, 0.4) is 0 Å². The summed E-state index contributed by atoms with van der Waals surface area (Å²) >= 11 is 0. The third-order valence-corrected chi connectivity index (χ3v) is 3.07. The summed E-state index contributed by atoms with van der Waals surface area (Å²) in [6, 6.07) is 3.96. The summed E-state index contributed by atoms with van der Waals surface area (Å²) in [5, 5.41) is 18.9. The van der Waals surface area contributed by atoms with Gasteiger partial charge in [0, 0.05) is 31.3 Å². The van der Waals surface area contributed by atoms with Gasteiger partial charge in [0.2, 0.25) is 0 Å². The summed E-state index contributed by atoms with van der Waals surface area (Å²) in [6.45, 7) is 4.87. The van der Waals surface area contributed by atoms with Gasteiger partial charge in [-0.1, -0.05) is 6.92 Å². The second kappa shape index (κ2) is 6.99. The van der Waals surface area contributed by atoms with Crippen molar-refractivity contribution in [3.63, 3.8) is 0 Å². The fraction of sp³-hybridized carbons (Fsp3) is 0.500. The molecule has 0 radical (unpaired) electrons. The Kier molecular flexibility index (Phi) is 5.63. The van der Waals surface area contributed by atoms with Crippen LogP contribution >= 0.6 is 0 Å². The lowest BCUT2D eigenvalue weighted by Gasteiger charge is -2.28. The van der Waals surface area contributed by atoms with Crippen LogP contribution in [0.2, 0.25) is 0 Å².